The Balaban J connectivity index is 1.60. The quantitative estimate of drug-likeness (QED) is 0.192. The molecule has 6 rings (SSSR count). The van der Waals surface area contributed by atoms with Crippen molar-refractivity contribution in [1.82, 2.24) is 0 Å². The van der Waals surface area contributed by atoms with Crippen molar-refractivity contribution in [3.05, 3.63) is 118 Å². The summed E-state index contributed by atoms with van der Waals surface area (Å²) in [5, 5.41) is 2.55. The zero-order valence-corrected chi connectivity index (χ0v) is 27.9. The number of rotatable bonds is 5. The standard InChI is InChI=1S/C20H15.C12H13.C2H7Si.2ClH.Zr/c1-14-12-16-8-5-11-19(20(16)13-14)18-10-4-7-15-6-2-3-9-17(15)18;1-9(2)12-7-10-5-3-4-6-11(10)8-12;1-3-2;;;/h2-13H,1H3;3-9H,1-2H3;3H,1-2H3;2*1H;/q;;;;;+2/p-2. The molecule has 0 nitrogen and oxygen atoms in total. The number of halogens is 2. The van der Waals surface area contributed by atoms with Crippen molar-refractivity contribution < 1.29 is 15.6 Å². The van der Waals surface area contributed by atoms with Gasteiger partial charge in [-0.15, -0.1) is 0 Å². The summed E-state index contributed by atoms with van der Waals surface area (Å²) in [5.41, 5.74) is 10.7. The van der Waals surface area contributed by atoms with Crippen LogP contribution in [0.2, 0.25) is 13.1 Å². The van der Waals surface area contributed by atoms with Crippen molar-refractivity contribution in [2.24, 2.45) is 5.92 Å². The molecule has 193 valence electrons. The Morgan fingerprint density at radius 3 is 2.11 bits per heavy atom. The van der Waals surface area contributed by atoms with Gasteiger partial charge in [0.2, 0.25) is 0 Å². The van der Waals surface area contributed by atoms with Crippen LogP contribution in [0.25, 0.3) is 34.1 Å². The van der Waals surface area contributed by atoms with Gasteiger partial charge in [0.15, 0.2) is 0 Å². The van der Waals surface area contributed by atoms with Gasteiger partial charge in [-0.2, -0.15) is 0 Å². The van der Waals surface area contributed by atoms with Gasteiger partial charge in [-0.25, -0.2) is 0 Å². The van der Waals surface area contributed by atoms with Crippen molar-refractivity contribution >= 4 is 45.9 Å². The van der Waals surface area contributed by atoms with E-state index in [0.29, 0.717) is 5.92 Å². The number of allylic oxidation sites excluding steroid dienone is 2. The summed E-state index contributed by atoms with van der Waals surface area (Å²) in [6.07, 6.45) is 4.81. The second kappa shape index (κ2) is 9.45. The molecule has 0 N–H and O–H groups in total. The predicted molar refractivity (Wildman–Crippen MR) is 168 cm³/mol. The molecule has 2 unspecified atom stereocenters. The third-order valence-corrected chi connectivity index (χ3v) is 61.2. The third kappa shape index (κ3) is 3.78. The van der Waals surface area contributed by atoms with Crippen LogP contribution in [0.15, 0.2) is 96.1 Å². The summed E-state index contributed by atoms with van der Waals surface area (Å²) in [7, 11) is 16.8. The number of hydrogen-bond acceptors (Lipinski definition) is 0. The topological polar surface area (TPSA) is 0 Å². The zero-order chi connectivity index (χ0) is 26.8. The molecule has 0 spiro atoms. The van der Waals surface area contributed by atoms with Crippen LogP contribution in [-0.2, 0) is 15.6 Å². The fraction of sp³-hybridized carbons (Fsp3) is 0.235. The van der Waals surface area contributed by atoms with Gasteiger partial charge in [0, 0.05) is 0 Å². The van der Waals surface area contributed by atoms with E-state index in [1.54, 1.807) is 0 Å². The summed E-state index contributed by atoms with van der Waals surface area (Å²) in [5.74, 6) is -1.13. The Bertz CT molecular complexity index is 1640. The number of hydrogen-bond donors (Lipinski definition) is 0. The van der Waals surface area contributed by atoms with E-state index in [2.05, 4.69) is 131 Å². The Kier molecular flexibility index (Phi) is 6.59. The van der Waals surface area contributed by atoms with E-state index < -0.39 is 21.5 Å². The Labute approximate surface area is 236 Å². The number of fused-ring (bicyclic) bond motifs is 3. The summed E-state index contributed by atoms with van der Waals surface area (Å²) in [4.78, 5) is 0. The first-order valence-electron chi connectivity index (χ1n) is 13.8. The minimum atomic E-state index is -4.63. The van der Waals surface area contributed by atoms with Crippen molar-refractivity contribution in [3.63, 3.8) is 0 Å². The van der Waals surface area contributed by atoms with Crippen molar-refractivity contribution in [2.75, 3.05) is 0 Å². The SMILES string of the molecule is CC1=Cc2c(-c3cccc4ccccc34)cccc2[CH]1[Zr]([Cl])([Cl])([CH]1C(C(C)C)=Cc2ccccc21)[SiH](C)C. The van der Waals surface area contributed by atoms with Gasteiger partial charge in [0.05, 0.1) is 0 Å². The first kappa shape index (κ1) is 26.5. The van der Waals surface area contributed by atoms with E-state index in [0.717, 1.165) is 0 Å². The number of benzene rings is 4. The predicted octanol–water partition coefficient (Wildman–Crippen LogP) is 10.7. The normalized spacial score (nSPS) is 19.8. The summed E-state index contributed by atoms with van der Waals surface area (Å²) in [6.45, 7) is 11.7. The van der Waals surface area contributed by atoms with Crippen LogP contribution in [0, 0.1) is 5.92 Å². The Hall–Kier alpha value is -1.70. The maximum atomic E-state index is 8.38. The molecule has 0 fully saturated rings. The molecule has 2 aliphatic rings. The second-order valence-electron chi connectivity index (χ2n) is 11.9. The molecule has 0 aliphatic heterocycles. The van der Waals surface area contributed by atoms with Gasteiger partial charge in [-0.1, -0.05) is 0 Å². The minimum absolute atomic E-state index is 0.120. The molecule has 0 saturated carbocycles. The molecule has 0 amide bonds. The molecular formula is C34H35Cl2SiZr. The summed E-state index contributed by atoms with van der Waals surface area (Å²) >= 11 is -4.63. The first-order valence-corrected chi connectivity index (χ1v) is 30.1. The molecule has 0 bridgehead atoms. The Morgan fingerprint density at radius 2 is 1.34 bits per heavy atom. The van der Waals surface area contributed by atoms with E-state index in [1.807, 2.05) is 0 Å². The van der Waals surface area contributed by atoms with Crippen LogP contribution in [-0.4, -0.2) is 5.92 Å². The van der Waals surface area contributed by atoms with Crippen LogP contribution >= 0.6 is 17.0 Å². The zero-order valence-electron chi connectivity index (χ0n) is 22.8. The van der Waals surface area contributed by atoms with Crippen LogP contribution in [0.1, 0.15) is 50.3 Å². The van der Waals surface area contributed by atoms with E-state index in [4.69, 9.17) is 17.0 Å². The molecule has 0 aromatic heterocycles. The van der Waals surface area contributed by atoms with Crippen LogP contribution in [0.3, 0.4) is 0 Å². The van der Waals surface area contributed by atoms with E-state index in [9.17, 15) is 0 Å². The van der Waals surface area contributed by atoms with E-state index in [1.165, 1.54) is 55.3 Å². The van der Waals surface area contributed by atoms with Gasteiger partial charge in [0.1, 0.15) is 0 Å². The maximum absolute atomic E-state index is 8.38. The molecular weight excluding hydrogens is 599 g/mol. The molecule has 0 radical (unpaired) electrons. The van der Waals surface area contributed by atoms with Crippen LogP contribution in [0.5, 0.6) is 0 Å². The molecule has 38 heavy (non-hydrogen) atoms. The second-order valence-corrected chi connectivity index (χ2v) is 54.4. The Morgan fingerprint density at radius 1 is 0.711 bits per heavy atom. The average Bonchev–Trinajstić information content (AvgIpc) is 3.47. The van der Waals surface area contributed by atoms with Gasteiger partial charge < -0.3 is 0 Å². The van der Waals surface area contributed by atoms with Gasteiger partial charge in [0.25, 0.3) is 0 Å². The van der Waals surface area contributed by atoms with Crippen molar-refractivity contribution in [2.45, 2.75) is 41.1 Å². The first-order chi connectivity index (χ1) is 18.1. The molecule has 4 aromatic carbocycles. The fourth-order valence-corrected chi connectivity index (χ4v) is 39.5. The van der Waals surface area contributed by atoms with Crippen molar-refractivity contribution in [3.8, 4) is 11.1 Å². The third-order valence-electron chi connectivity index (χ3n) is 9.19. The monoisotopic (exact) mass is 631 g/mol. The van der Waals surface area contributed by atoms with E-state index in [-0.39, 0.29) is 7.25 Å². The summed E-state index contributed by atoms with van der Waals surface area (Å²) < 4.78 is 0.276. The molecule has 4 heteroatoms. The molecule has 0 saturated heterocycles. The van der Waals surface area contributed by atoms with Gasteiger partial charge in [-0.3, -0.25) is 0 Å². The van der Waals surface area contributed by atoms with Gasteiger partial charge >= 0.3 is 238 Å². The molecule has 2 atom stereocenters. The van der Waals surface area contributed by atoms with Crippen LogP contribution < -0.4 is 0 Å². The van der Waals surface area contributed by atoms with Crippen LogP contribution in [0.4, 0.5) is 0 Å². The molecule has 4 aromatic rings. The van der Waals surface area contributed by atoms with Gasteiger partial charge in [-0.05, 0) is 0 Å². The molecule has 2 aliphatic carbocycles. The average molecular weight is 634 g/mol. The molecule has 0 heterocycles. The summed E-state index contributed by atoms with van der Waals surface area (Å²) in [6, 6.07) is 31.0. The van der Waals surface area contributed by atoms with E-state index >= 15 is 0 Å². The fourth-order valence-electron chi connectivity index (χ4n) is 7.28. The van der Waals surface area contributed by atoms with Crippen molar-refractivity contribution in [1.29, 1.82) is 0 Å².